The fourth-order valence-electron chi connectivity index (χ4n) is 3.10. The molecule has 4 rings (SSSR count). The molecule has 0 spiro atoms. The molecule has 3 aromatic carbocycles. The molecule has 168 valence electrons. The predicted molar refractivity (Wildman–Crippen MR) is 143 cm³/mol. The Kier molecular flexibility index (Phi) is 7.95. The van der Waals surface area contributed by atoms with Gasteiger partial charge in [0.2, 0.25) is 0 Å². The summed E-state index contributed by atoms with van der Waals surface area (Å²) in [6.07, 6.45) is 1.83. The molecular formula is C25H20ClIN2O3S. The number of carbonyl (C=O) groups excluding carboxylic acids is 1. The largest absolute Gasteiger partial charge is 0.490 e. The second kappa shape index (κ2) is 11.1. The lowest BCUT2D eigenvalue weighted by Gasteiger charge is -2.15. The van der Waals surface area contributed by atoms with Gasteiger partial charge in [0.05, 0.1) is 20.8 Å². The number of hydrogen-bond donors (Lipinski definition) is 1. The van der Waals surface area contributed by atoms with Gasteiger partial charge in [-0.15, -0.1) is 0 Å². The highest BCUT2D eigenvalue weighted by atomic mass is 127. The lowest BCUT2D eigenvalue weighted by atomic mass is 10.2. The van der Waals surface area contributed by atoms with E-state index in [9.17, 15) is 4.79 Å². The van der Waals surface area contributed by atoms with E-state index in [-0.39, 0.29) is 5.91 Å². The molecule has 1 amide bonds. The highest BCUT2D eigenvalue weighted by molar-refractivity contribution is 14.1. The zero-order chi connectivity index (χ0) is 23.2. The first-order valence-corrected chi connectivity index (χ1v) is 12.5. The van der Waals surface area contributed by atoms with Crippen molar-refractivity contribution in [1.29, 1.82) is 0 Å². The van der Waals surface area contributed by atoms with Crippen LogP contribution in [0.25, 0.3) is 6.08 Å². The number of thioether (sulfide) groups is 1. The van der Waals surface area contributed by atoms with Crippen LogP contribution in [0.2, 0.25) is 5.02 Å². The Morgan fingerprint density at radius 2 is 1.91 bits per heavy atom. The molecule has 1 aliphatic heterocycles. The highest BCUT2D eigenvalue weighted by Gasteiger charge is 2.24. The lowest BCUT2D eigenvalue weighted by molar-refractivity contribution is -0.115. The third kappa shape index (κ3) is 6.31. The van der Waals surface area contributed by atoms with Crippen LogP contribution in [-0.4, -0.2) is 17.7 Å². The molecule has 1 N–H and O–H groups in total. The molecule has 0 radical (unpaired) electrons. The van der Waals surface area contributed by atoms with Crippen molar-refractivity contribution in [3.8, 4) is 11.5 Å². The van der Waals surface area contributed by atoms with E-state index in [1.807, 2.05) is 67.6 Å². The quantitative estimate of drug-likeness (QED) is 0.243. The number of hydrogen-bond acceptors (Lipinski definition) is 5. The van der Waals surface area contributed by atoms with Gasteiger partial charge >= 0.3 is 0 Å². The van der Waals surface area contributed by atoms with Crippen molar-refractivity contribution >= 4 is 68.8 Å². The van der Waals surface area contributed by atoms with Gasteiger partial charge in [-0.25, -0.2) is 4.99 Å². The summed E-state index contributed by atoms with van der Waals surface area (Å²) >= 11 is 9.54. The van der Waals surface area contributed by atoms with E-state index in [2.05, 4.69) is 32.9 Å². The Hall–Kier alpha value is -2.49. The fourth-order valence-corrected chi connectivity index (χ4v) is 4.91. The van der Waals surface area contributed by atoms with Crippen LogP contribution in [0.5, 0.6) is 11.5 Å². The number of amides is 1. The van der Waals surface area contributed by atoms with Gasteiger partial charge in [0, 0.05) is 5.02 Å². The molecule has 33 heavy (non-hydrogen) atoms. The van der Waals surface area contributed by atoms with Crippen molar-refractivity contribution in [2.45, 2.75) is 13.5 Å². The summed E-state index contributed by atoms with van der Waals surface area (Å²) in [6, 6.07) is 21.0. The molecule has 1 heterocycles. The Labute approximate surface area is 215 Å². The molecule has 0 aliphatic carbocycles. The summed E-state index contributed by atoms with van der Waals surface area (Å²) in [6.45, 7) is 2.88. The van der Waals surface area contributed by atoms with Crippen LogP contribution in [0.1, 0.15) is 18.1 Å². The molecule has 3 aromatic rings. The van der Waals surface area contributed by atoms with Gasteiger partial charge in [0.25, 0.3) is 5.91 Å². The maximum atomic E-state index is 12.5. The number of nitrogens with zero attached hydrogens (tertiary/aromatic N) is 1. The van der Waals surface area contributed by atoms with E-state index in [4.69, 9.17) is 21.1 Å². The SMILES string of the molecule is CCOc1cc(/C=C2/SC(=Nc3cccc(Cl)c3)NC2=O)cc(I)c1OCc1ccccc1. The molecule has 1 saturated heterocycles. The normalized spacial score (nSPS) is 15.7. The standard InChI is InChI=1S/C25H20ClIN2O3S/c1-2-31-21-12-17(11-20(27)23(21)32-15-16-7-4-3-5-8-16)13-22-24(30)29-25(33-22)28-19-10-6-9-18(26)14-19/h3-14H,2,15H2,1H3,(H,28,29,30)/b22-13+. The van der Waals surface area contributed by atoms with E-state index < -0.39 is 0 Å². The van der Waals surface area contributed by atoms with Crippen molar-refractivity contribution in [2.24, 2.45) is 4.99 Å². The second-order valence-corrected chi connectivity index (χ2v) is 9.63. The minimum atomic E-state index is -0.196. The zero-order valence-corrected chi connectivity index (χ0v) is 21.4. The summed E-state index contributed by atoms with van der Waals surface area (Å²) in [4.78, 5) is 17.5. The first kappa shape index (κ1) is 23.7. The number of ether oxygens (including phenoxy) is 2. The number of nitrogens with one attached hydrogen (secondary N) is 1. The van der Waals surface area contributed by atoms with Crippen molar-refractivity contribution in [3.63, 3.8) is 0 Å². The second-order valence-electron chi connectivity index (χ2n) is 7.00. The molecular weight excluding hydrogens is 571 g/mol. The Balaban J connectivity index is 1.56. The molecule has 0 unspecified atom stereocenters. The fraction of sp³-hybridized carbons (Fsp3) is 0.120. The minimum absolute atomic E-state index is 0.196. The summed E-state index contributed by atoms with van der Waals surface area (Å²) < 4.78 is 12.8. The van der Waals surface area contributed by atoms with Gasteiger partial charge in [0.1, 0.15) is 6.61 Å². The number of benzene rings is 3. The van der Waals surface area contributed by atoms with Crippen molar-refractivity contribution in [1.82, 2.24) is 5.32 Å². The monoisotopic (exact) mass is 590 g/mol. The van der Waals surface area contributed by atoms with Crippen molar-refractivity contribution in [3.05, 3.63) is 91.4 Å². The smallest absolute Gasteiger partial charge is 0.264 e. The van der Waals surface area contributed by atoms with Crippen LogP contribution >= 0.6 is 46.0 Å². The number of amidine groups is 1. The molecule has 5 nitrogen and oxygen atoms in total. The summed E-state index contributed by atoms with van der Waals surface area (Å²) in [5.74, 6) is 1.14. The first-order chi connectivity index (χ1) is 16.0. The summed E-state index contributed by atoms with van der Waals surface area (Å²) in [5.41, 5.74) is 2.60. The predicted octanol–water partition coefficient (Wildman–Crippen LogP) is 6.81. The van der Waals surface area contributed by atoms with Crippen LogP contribution in [-0.2, 0) is 11.4 Å². The van der Waals surface area contributed by atoms with Crippen LogP contribution in [0, 0.1) is 3.57 Å². The van der Waals surface area contributed by atoms with Gasteiger partial charge < -0.3 is 14.8 Å². The Morgan fingerprint density at radius 1 is 1.09 bits per heavy atom. The zero-order valence-electron chi connectivity index (χ0n) is 17.7. The molecule has 0 atom stereocenters. The van der Waals surface area contributed by atoms with Crippen molar-refractivity contribution < 1.29 is 14.3 Å². The Bertz CT molecular complexity index is 1230. The lowest BCUT2D eigenvalue weighted by Crippen LogP contribution is -2.19. The third-order valence-electron chi connectivity index (χ3n) is 4.55. The molecule has 8 heteroatoms. The van der Waals surface area contributed by atoms with Crippen LogP contribution in [0.4, 0.5) is 5.69 Å². The molecule has 0 aromatic heterocycles. The summed E-state index contributed by atoms with van der Waals surface area (Å²) in [7, 11) is 0. The van der Waals surface area contributed by atoms with Crippen LogP contribution in [0.3, 0.4) is 0 Å². The van der Waals surface area contributed by atoms with Gasteiger partial charge in [-0.2, -0.15) is 0 Å². The molecule has 0 saturated carbocycles. The number of aliphatic imine (C=N–C) groups is 1. The average Bonchev–Trinajstić information content (AvgIpc) is 3.12. The first-order valence-electron chi connectivity index (χ1n) is 10.2. The van der Waals surface area contributed by atoms with E-state index >= 15 is 0 Å². The van der Waals surface area contributed by atoms with Gasteiger partial charge in [-0.1, -0.05) is 48.0 Å². The Morgan fingerprint density at radius 3 is 2.67 bits per heavy atom. The van der Waals surface area contributed by atoms with E-state index in [0.29, 0.717) is 45.5 Å². The number of halogens is 2. The maximum absolute atomic E-state index is 12.5. The number of rotatable bonds is 7. The van der Waals surface area contributed by atoms with Crippen LogP contribution in [0.15, 0.2) is 76.6 Å². The average molecular weight is 591 g/mol. The maximum Gasteiger partial charge on any atom is 0.264 e. The van der Waals surface area contributed by atoms with Gasteiger partial charge in [-0.05, 0) is 88.8 Å². The van der Waals surface area contributed by atoms with Crippen molar-refractivity contribution in [2.75, 3.05) is 6.61 Å². The third-order valence-corrected chi connectivity index (χ3v) is 6.49. The summed E-state index contributed by atoms with van der Waals surface area (Å²) in [5, 5.41) is 3.90. The highest BCUT2D eigenvalue weighted by Crippen LogP contribution is 2.37. The van der Waals surface area contributed by atoms with E-state index in [0.717, 1.165) is 14.7 Å². The van der Waals surface area contributed by atoms with Crippen LogP contribution < -0.4 is 14.8 Å². The van der Waals surface area contributed by atoms with E-state index in [1.165, 1.54) is 11.8 Å². The van der Waals surface area contributed by atoms with Gasteiger partial charge in [-0.3, -0.25) is 4.79 Å². The molecule has 0 bridgehead atoms. The molecule has 1 aliphatic rings. The minimum Gasteiger partial charge on any atom is -0.490 e. The van der Waals surface area contributed by atoms with Gasteiger partial charge in [0.15, 0.2) is 16.7 Å². The number of carbonyl (C=O) groups is 1. The van der Waals surface area contributed by atoms with E-state index in [1.54, 1.807) is 12.1 Å². The molecule has 1 fully saturated rings. The topological polar surface area (TPSA) is 59.9 Å².